The molecule has 2 aromatic rings. The van der Waals surface area contributed by atoms with Gasteiger partial charge in [-0.05, 0) is 30.3 Å². The van der Waals surface area contributed by atoms with Crippen molar-refractivity contribution in [3.8, 4) is 6.07 Å². The van der Waals surface area contributed by atoms with Crippen molar-refractivity contribution in [3.63, 3.8) is 0 Å². The molecule has 90 valence electrons. The van der Waals surface area contributed by atoms with Gasteiger partial charge in [-0.3, -0.25) is 0 Å². The molecular weight excluding hydrogens is 258 g/mol. The summed E-state index contributed by atoms with van der Waals surface area (Å²) in [5.41, 5.74) is 0.786. The predicted molar refractivity (Wildman–Crippen MR) is 65.8 cm³/mol. The highest BCUT2D eigenvalue weighted by Crippen LogP contribution is 2.25. The third-order valence-electron chi connectivity index (χ3n) is 2.30. The number of halogens is 3. The molecule has 0 aromatic heterocycles. The van der Waals surface area contributed by atoms with Gasteiger partial charge in [-0.2, -0.15) is 5.26 Å². The molecule has 0 aliphatic carbocycles. The van der Waals surface area contributed by atoms with Gasteiger partial charge in [-0.25, -0.2) is 8.78 Å². The Balaban J connectivity index is 2.37. The Labute approximate surface area is 107 Å². The molecule has 0 saturated carbocycles. The van der Waals surface area contributed by atoms with Crippen LogP contribution in [0.1, 0.15) is 5.56 Å². The lowest BCUT2D eigenvalue weighted by Gasteiger charge is -2.09. The zero-order valence-electron chi connectivity index (χ0n) is 9.05. The van der Waals surface area contributed by atoms with E-state index >= 15 is 0 Å². The van der Waals surface area contributed by atoms with Gasteiger partial charge in [0.1, 0.15) is 17.7 Å². The van der Waals surface area contributed by atoms with Gasteiger partial charge in [0.2, 0.25) is 0 Å². The molecule has 0 atom stereocenters. The first kappa shape index (κ1) is 12.3. The van der Waals surface area contributed by atoms with Gasteiger partial charge in [0.25, 0.3) is 0 Å². The van der Waals surface area contributed by atoms with E-state index in [2.05, 4.69) is 5.32 Å². The summed E-state index contributed by atoms with van der Waals surface area (Å²) < 4.78 is 26.2. The first-order valence-electron chi connectivity index (χ1n) is 5.02. The molecule has 0 aliphatic rings. The van der Waals surface area contributed by atoms with Crippen LogP contribution >= 0.6 is 11.6 Å². The molecule has 0 bridgehead atoms. The molecule has 0 amide bonds. The van der Waals surface area contributed by atoms with E-state index in [1.807, 2.05) is 6.07 Å². The second-order valence-corrected chi connectivity index (χ2v) is 3.99. The summed E-state index contributed by atoms with van der Waals surface area (Å²) in [5.74, 6) is -1.39. The number of hydrogen-bond donors (Lipinski definition) is 1. The summed E-state index contributed by atoms with van der Waals surface area (Å²) in [4.78, 5) is 0. The second-order valence-electron chi connectivity index (χ2n) is 3.55. The number of hydrogen-bond acceptors (Lipinski definition) is 2. The van der Waals surface area contributed by atoms with Crippen molar-refractivity contribution in [2.45, 2.75) is 0 Å². The van der Waals surface area contributed by atoms with Gasteiger partial charge < -0.3 is 5.32 Å². The Morgan fingerprint density at radius 3 is 2.44 bits per heavy atom. The number of nitriles is 1. The minimum atomic E-state index is -0.728. The van der Waals surface area contributed by atoms with E-state index in [1.54, 1.807) is 12.1 Å². The average molecular weight is 265 g/mol. The van der Waals surface area contributed by atoms with Crippen LogP contribution < -0.4 is 5.32 Å². The van der Waals surface area contributed by atoms with Gasteiger partial charge >= 0.3 is 0 Å². The average Bonchev–Trinajstić information content (AvgIpc) is 2.34. The Bertz CT molecular complexity index is 635. The summed E-state index contributed by atoms with van der Waals surface area (Å²) in [6.45, 7) is 0. The molecule has 2 rings (SSSR count). The molecule has 5 heteroatoms. The van der Waals surface area contributed by atoms with Crippen LogP contribution in [0.2, 0.25) is 5.02 Å². The van der Waals surface area contributed by atoms with Crippen molar-refractivity contribution in [1.29, 1.82) is 5.26 Å². The Morgan fingerprint density at radius 1 is 1.06 bits per heavy atom. The van der Waals surface area contributed by atoms with Crippen LogP contribution in [0.25, 0.3) is 0 Å². The number of rotatable bonds is 2. The number of nitrogens with zero attached hydrogens (tertiary/aromatic N) is 1. The van der Waals surface area contributed by atoms with Gasteiger partial charge in [-0.15, -0.1) is 0 Å². The summed E-state index contributed by atoms with van der Waals surface area (Å²) in [5, 5.41) is 12.1. The maximum atomic E-state index is 13.4. The molecule has 1 N–H and O–H groups in total. The maximum absolute atomic E-state index is 13.4. The van der Waals surface area contributed by atoms with Crippen LogP contribution in [0, 0.1) is 23.0 Å². The monoisotopic (exact) mass is 264 g/mol. The number of anilines is 2. The predicted octanol–water partition coefficient (Wildman–Crippen LogP) is 4.23. The minimum Gasteiger partial charge on any atom is -0.352 e. The Morgan fingerprint density at radius 2 is 1.78 bits per heavy atom. The molecule has 0 spiro atoms. The van der Waals surface area contributed by atoms with Crippen molar-refractivity contribution >= 4 is 23.0 Å². The van der Waals surface area contributed by atoms with Crippen LogP contribution in [-0.4, -0.2) is 0 Å². The van der Waals surface area contributed by atoms with E-state index in [-0.39, 0.29) is 11.3 Å². The van der Waals surface area contributed by atoms with Crippen LogP contribution in [-0.2, 0) is 0 Å². The summed E-state index contributed by atoms with van der Waals surface area (Å²) >= 11 is 5.75. The summed E-state index contributed by atoms with van der Waals surface area (Å²) in [6.07, 6.45) is 0. The lowest BCUT2D eigenvalue weighted by Crippen LogP contribution is -1.96. The van der Waals surface area contributed by atoms with Gasteiger partial charge in [-0.1, -0.05) is 11.6 Å². The Hall–Kier alpha value is -2.12. The van der Waals surface area contributed by atoms with Crippen LogP contribution in [0.5, 0.6) is 0 Å². The van der Waals surface area contributed by atoms with E-state index in [9.17, 15) is 8.78 Å². The van der Waals surface area contributed by atoms with Crippen LogP contribution in [0.4, 0.5) is 20.2 Å². The smallest absolute Gasteiger partial charge is 0.149 e. The molecule has 0 aliphatic heterocycles. The van der Waals surface area contributed by atoms with Crippen molar-refractivity contribution in [2.75, 3.05) is 5.32 Å². The van der Waals surface area contributed by atoms with Crippen molar-refractivity contribution < 1.29 is 8.78 Å². The van der Waals surface area contributed by atoms with E-state index in [1.165, 1.54) is 12.1 Å². The molecule has 0 saturated heterocycles. The van der Waals surface area contributed by atoms with Gasteiger partial charge in [0.15, 0.2) is 0 Å². The summed E-state index contributed by atoms with van der Waals surface area (Å²) in [6, 6.07) is 9.71. The minimum absolute atomic E-state index is 0.0928. The fourth-order valence-electron chi connectivity index (χ4n) is 1.45. The van der Waals surface area contributed by atoms with Crippen molar-refractivity contribution in [1.82, 2.24) is 0 Å². The highest BCUT2D eigenvalue weighted by atomic mass is 35.5. The molecule has 2 nitrogen and oxygen atoms in total. The maximum Gasteiger partial charge on any atom is 0.149 e. The molecular formula is C13H7ClF2N2. The zero-order chi connectivity index (χ0) is 13.1. The zero-order valence-corrected chi connectivity index (χ0v) is 9.80. The van der Waals surface area contributed by atoms with Crippen molar-refractivity contribution in [2.24, 2.45) is 0 Å². The quantitative estimate of drug-likeness (QED) is 0.881. The third-order valence-corrected chi connectivity index (χ3v) is 2.54. The number of nitrogens with one attached hydrogen (secondary N) is 1. The highest BCUT2D eigenvalue weighted by molar-refractivity contribution is 6.30. The molecule has 2 aromatic carbocycles. The molecule has 0 heterocycles. The second kappa shape index (κ2) is 5.03. The first-order valence-corrected chi connectivity index (χ1v) is 5.39. The van der Waals surface area contributed by atoms with Crippen LogP contribution in [0.3, 0.4) is 0 Å². The third kappa shape index (κ3) is 2.58. The fraction of sp³-hybridized carbons (Fsp3) is 0. The number of benzene rings is 2. The lowest BCUT2D eigenvalue weighted by molar-refractivity contribution is 0.586. The topological polar surface area (TPSA) is 35.8 Å². The summed E-state index contributed by atoms with van der Waals surface area (Å²) in [7, 11) is 0. The Kier molecular flexibility index (Phi) is 3.45. The van der Waals surface area contributed by atoms with E-state index < -0.39 is 11.6 Å². The van der Waals surface area contributed by atoms with E-state index in [4.69, 9.17) is 16.9 Å². The van der Waals surface area contributed by atoms with Crippen LogP contribution in [0.15, 0.2) is 36.4 Å². The normalized spacial score (nSPS) is 9.89. The standard InChI is InChI=1S/C13H7ClF2N2/c14-9-1-3-12(8(5-9)7-17)18-13-4-2-10(15)6-11(13)16/h1-6,18H. The molecule has 0 radical (unpaired) electrons. The van der Waals surface area contributed by atoms with E-state index in [0.29, 0.717) is 10.7 Å². The van der Waals surface area contributed by atoms with Crippen molar-refractivity contribution in [3.05, 3.63) is 58.6 Å². The largest absolute Gasteiger partial charge is 0.352 e. The first-order chi connectivity index (χ1) is 8.60. The molecule has 0 unspecified atom stereocenters. The van der Waals surface area contributed by atoms with Gasteiger partial charge in [0, 0.05) is 11.1 Å². The van der Waals surface area contributed by atoms with Gasteiger partial charge in [0.05, 0.1) is 16.9 Å². The highest BCUT2D eigenvalue weighted by Gasteiger charge is 2.07. The molecule has 18 heavy (non-hydrogen) atoms. The SMILES string of the molecule is N#Cc1cc(Cl)ccc1Nc1ccc(F)cc1F. The fourth-order valence-corrected chi connectivity index (χ4v) is 1.63. The van der Waals surface area contributed by atoms with E-state index in [0.717, 1.165) is 12.1 Å². The molecule has 0 fully saturated rings. The lowest BCUT2D eigenvalue weighted by atomic mass is 10.2.